The number of carbonyl (C=O) groups is 1. The minimum atomic E-state index is -4.53. The quantitative estimate of drug-likeness (QED) is 0.680. The largest absolute Gasteiger partial charge is 0.456 e. The van der Waals surface area contributed by atoms with E-state index in [9.17, 15) is 18.0 Å². The number of Topliss-reactive ketones (excluding diaryl/α,β-unsaturated/α-hetero) is 1. The zero-order valence-corrected chi connectivity index (χ0v) is 12.5. The molecule has 6 heteroatoms. The van der Waals surface area contributed by atoms with Gasteiger partial charge in [-0.2, -0.15) is 13.2 Å². The number of ether oxygens (including phenoxy) is 1. The van der Waals surface area contributed by atoms with Crippen LogP contribution in [0.2, 0.25) is 0 Å². The Morgan fingerprint density at radius 2 is 1.76 bits per heavy atom. The third-order valence-electron chi connectivity index (χ3n) is 2.73. The summed E-state index contributed by atoms with van der Waals surface area (Å²) in [6.07, 6.45) is -4.53. The van der Waals surface area contributed by atoms with Crippen molar-refractivity contribution in [1.29, 1.82) is 0 Å². The summed E-state index contributed by atoms with van der Waals surface area (Å²) in [6.45, 7) is 1.32. The van der Waals surface area contributed by atoms with Crippen LogP contribution < -0.4 is 4.74 Å². The predicted octanol–water partition coefficient (Wildman–Crippen LogP) is 5.46. The molecule has 0 amide bonds. The van der Waals surface area contributed by atoms with Crippen LogP contribution >= 0.6 is 15.9 Å². The van der Waals surface area contributed by atoms with E-state index in [4.69, 9.17) is 4.74 Å². The number of para-hydroxylation sites is 1. The first kappa shape index (κ1) is 15.6. The van der Waals surface area contributed by atoms with E-state index in [1.165, 1.54) is 37.3 Å². The highest BCUT2D eigenvalue weighted by Gasteiger charge is 2.34. The lowest BCUT2D eigenvalue weighted by molar-refractivity contribution is -0.138. The topological polar surface area (TPSA) is 26.3 Å². The lowest BCUT2D eigenvalue weighted by Gasteiger charge is -2.15. The molecule has 2 aromatic carbocycles. The molecule has 0 aliphatic carbocycles. The van der Waals surface area contributed by atoms with Gasteiger partial charge in [-0.1, -0.05) is 28.1 Å². The monoisotopic (exact) mass is 358 g/mol. The van der Waals surface area contributed by atoms with Crippen molar-refractivity contribution in [1.82, 2.24) is 0 Å². The Balaban J connectivity index is 2.47. The van der Waals surface area contributed by atoms with Gasteiger partial charge in [-0.25, -0.2) is 0 Å². The fourth-order valence-corrected chi connectivity index (χ4v) is 2.14. The van der Waals surface area contributed by atoms with Crippen molar-refractivity contribution in [2.24, 2.45) is 0 Å². The van der Waals surface area contributed by atoms with Crippen molar-refractivity contribution in [2.45, 2.75) is 13.1 Å². The van der Waals surface area contributed by atoms with E-state index in [1.807, 2.05) is 0 Å². The van der Waals surface area contributed by atoms with Gasteiger partial charge in [-0.05, 0) is 37.3 Å². The van der Waals surface area contributed by atoms with E-state index >= 15 is 0 Å². The summed E-state index contributed by atoms with van der Waals surface area (Å²) in [5.41, 5.74) is -0.677. The zero-order chi connectivity index (χ0) is 15.6. The van der Waals surface area contributed by atoms with Gasteiger partial charge in [0.2, 0.25) is 0 Å². The van der Waals surface area contributed by atoms with Crippen LogP contribution in [0.15, 0.2) is 46.9 Å². The second-order valence-corrected chi connectivity index (χ2v) is 5.21. The molecule has 2 aromatic rings. The number of halogens is 4. The third kappa shape index (κ3) is 3.64. The fourth-order valence-electron chi connectivity index (χ4n) is 1.77. The molecule has 0 aliphatic rings. The molecular weight excluding hydrogens is 349 g/mol. The van der Waals surface area contributed by atoms with Crippen LogP contribution in [0.4, 0.5) is 13.2 Å². The fraction of sp³-hybridized carbons (Fsp3) is 0.133. The molecular formula is C15H10BrF3O2. The second kappa shape index (κ2) is 5.89. The molecule has 0 saturated heterocycles. The Hall–Kier alpha value is -1.82. The van der Waals surface area contributed by atoms with Crippen LogP contribution in [-0.2, 0) is 6.18 Å². The summed E-state index contributed by atoms with van der Waals surface area (Å²) >= 11 is 3.21. The number of carbonyl (C=O) groups excluding carboxylic acids is 1. The maximum atomic E-state index is 12.9. The minimum absolute atomic E-state index is 0.0856. The SMILES string of the molecule is CC(=O)c1cc(Br)ccc1Oc1ccccc1C(F)(F)F. The highest BCUT2D eigenvalue weighted by Crippen LogP contribution is 2.38. The van der Waals surface area contributed by atoms with Gasteiger partial charge in [0.25, 0.3) is 0 Å². The molecule has 21 heavy (non-hydrogen) atoms. The Kier molecular flexibility index (Phi) is 4.37. The maximum absolute atomic E-state index is 12.9. The first-order valence-corrected chi connectivity index (χ1v) is 6.73. The summed E-state index contributed by atoms with van der Waals surface area (Å²) < 4.78 is 44.7. The van der Waals surface area contributed by atoms with E-state index in [1.54, 1.807) is 6.07 Å². The van der Waals surface area contributed by atoms with Crippen molar-refractivity contribution in [3.63, 3.8) is 0 Å². The predicted molar refractivity (Wildman–Crippen MR) is 75.7 cm³/mol. The molecule has 0 saturated carbocycles. The highest BCUT2D eigenvalue weighted by molar-refractivity contribution is 9.10. The maximum Gasteiger partial charge on any atom is 0.419 e. The summed E-state index contributed by atoms with van der Waals surface area (Å²) in [5.74, 6) is -0.548. The molecule has 0 radical (unpaired) electrons. The van der Waals surface area contributed by atoms with E-state index in [2.05, 4.69) is 15.9 Å². The molecule has 2 rings (SSSR count). The molecule has 0 atom stereocenters. The number of rotatable bonds is 3. The Morgan fingerprint density at radius 1 is 1.10 bits per heavy atom. The molecule has 0 N–H and O–H groups in total. The Labute approximate surface area is 127 Å². The lowest BCUT2D eigenvalue weighted by Crippen LogP contribution is -2.07. The molecule has 2 nitrogen and oxygen atoms in total. The van der Waals surface area contributed by atoms with Crippen LogP contribution in [0.5, 0.6) is 11.5 Å². The van der Waals surface area contributed by atoms with Gasteiger partial charge in [0.1, 0.15) is 11.5 Å². The van der Waals surface area contributed by atoms with Gasteiger partial charge < -0.3 is 4.74 Å². The Morgan fingerprint density at radius 3 is 2.38 bits per heavy atom. The van der Waals surface area contributed by atoms with E-state index in [0.29, 0.717) is 4.47 Å². The number of hydrogen-bond donors (Lipinski definition) is 0. The normalized spacial score (nSPS) is 11.3. The van der Waals surface area contributed by atoms with Crippen molar-refractivity contribution < 1.29 is 22.7 Å². The third-order valence-corrected chi connectivity index (χ3v) is 3.23. The summed E-state index contributed by atoms with van der Waals surface area (Å²) in [6, 6.07) is 9.43. The average Bonchev–Trinajstić information content (AvgIpc) is 2.40. The van der Waals surface area contributed by atoms with Crippen LogP contribution in [-0.4, -0.2) is 5.78 Å². The van der Waals surface area contributed by atoms with Crippen LogP contribution in [0.3, 0.4) is 0 Å². The van der Waals surface area contributed by atoms with Crippen molar-refractivity contribution in [2.75, 3.05) is 0 Å². The molecule has 0 aliphatic heterocycles. The molecule has 110 valence electrons. The van der Waals surface area contributed by atoms with Crippen LogP contribution in [0.25, 0.3) is 0 Å². The van der Waals surface area contributed by atoms with Crippen molar-refractivity contribution >= 4 is 21.7 Å². The smallest absolute Gasteiger partial charge is 0.419 e. The van der Waals surface area contributed by atoms with E-state index < -0.39 is 11.7 Å². The van der Waals surface area contributed by atoms with Gasteiger partial charge in [-0.3, -0.25) is 4.79 Å². The average molecular weight is 359 g/mol. The van der Waals surface area contributed by atoms with Crippen LogP contribution in [0.1, 0.15) is 22.8 Å². The summed E-state index contributed by atoms with van der Waals surface area (Å²) in [4.78, 5) is 11.6. The number of hydrogen-bond acceptors (Lipinski definition) is 2. The van der Waals surface area contributed by atoms with Gasteiger partial charge in [0.05, 0.1) is 11.1 Å². The van der Waals surface area contributed by atoms with Crippen LogP contribution in [0, 0.1) is 0 Å². The first-order chi connectivity index (χ1) is 9.79. The number of benzene rings is 2. The lowest BCUT2D eigenvalue weighted by atomic mass is 10.1. The molecule has 0 spiro atoms. The van der Waals surface area contributed by atoms with E-state index in [0.717, 1.165) is 6.07 Å². The minimum Gasteiger partial charge on any atom is -0.456 e. The number of ketones is 1. The molecule has 0 fully saturated rings. The Bertz CT molecular complexity index is 681. The first-order valence-electron chi connectivity index (χ1n) is 5.93. The summed E-state index contributed by atoms with van der Waals surface area (Å²) in [7, 11) is 0. The van der Waals surface area contributed by atoms with Gasteiger partial charge >= 0.3 is 6.18 Å². The van der Waals surface area contributed by atoms with Gasteiger partial charge in [0, 0.05) is 4.47 Å². The second-order valence-electron chi connectivity index (χ2n) is 4.29. The number of alkyl halides is 3. The highest BCUT2D eigenvalue weighted by atomic mass is 79.9. The molecule has 0 unspecified atom stereocenters. The molecule has 0 bridgehead atoms. The van der Waals surface area contributed by atoms with Gasteiger partial charge in [0.15, 0.2) is 5.78 Å². The zero-order valence-electron chi connectivity index (χ0n) is 10.9. The van der Waals surface area contributed by atoms with Crippen molar-refractivity contribution in [3.05, 3.63) is 58.1 Å². The molecule has 0 heterocycles. The molecule has 0 aromatic heterocycles. The van der Waals surface area contributed by atoms with E-state index in [-0.39, 0.29) is 22.8 Å². The summed E-state index contributed by atoms with van der Waals surface area (Å²) in [5, 5.41) is 0. The van der Waals surface area contributed by atoms with Gasteiger partial charge in [-0.15, -0.1) is 0 Å². The standard InChI is InChI=1S/C15H10BrF3O2/c1-9(20)11-8-10(16)6-7-13(11)21-14-5-3-2-4-12(14)15(17,18)19/h2-8H,1H3. The van der Waals surface area contributed by atoms with Crippen molar-refractivity contribution in [3.8, 4) is 11.5 Å².